The fourth-order valence-corrected chi connectivity index (χ4v) is 2.46. The molecule has 2 rings (SSSR count). The van der Waals surface area contributed by atoms with Gasteiger partial charge in [0.2, 0.25) is 0 Å². The fraction of sp³-hybridized carbons (Fsp3) is 0.200. The Bertz CT molecular complexity index is 654. The van der Waals surface area contributed by atoms with Crippen molar-refractivity contribution in [2.24, 2.45) is 0 Å². The normalized spacial score (nSPS) is 11.3. The highest BCUT2D eigenvalue weighted by Crippen LogP contribution is 2.18. The van der Waals surface area contributed by atoms with Gasteiger partial charge >= 0.3 is 10.2 Å². The number of hydrogen-bond acceptors (Lipinski definition) is 3. The van der Waals surface area contributed by atoms with E-state index < -0.39 is 10.2 Å². The summed E-state index contributed by atoms with van der Waals surface area (Å²) in [7, 11) is -4.62. The number of para-hydroxylation sites is 1. The van der Waals surface area contributed by atoms with Crippen LogP contribution in [-0.4, -0.2) is 15.0 Å². The van der Waals surface area contributed by atoms with Crippen molar-refractivity contribution in [3.8, 4) is 0 Å². The molecule has 0 atom stereocenters. The maximum absolute atomic E-state index is 12.8. The summed E-state index contributed by atoms with van der Waals surface area (Å²) in [6.45, 7) is 3.52. The van der Waals surface area contributed by atoms with Gasteiger partial charge in [-0.15, -0.1) is 3.89 Å². The molecule has 0 aliphatic heterocycles. The first-order chi connectivity index (χ1) is 9.50. The minimum absolute atomic E-state index is 0.302. The number of nitrogens with zero attached hydrogens (tertiary/aromatic N) is 1. The Balaban J connectivity index is 2.17. The van der Waals surface area contributed by atoms with Crippen molar-refractivity contribution in [2.75, 3.05) is 11.4 Å². The van der Waals surface area contributed by atoms with Crippen LogP contribution in [0.4, 0.5) is 9.57 Å². The maximum atomic E-state index is 12.8. The standard InChI is InChI=1S/C15H16FNO2S/c1-2-17(14-6-4-3-5-7-14)12-13-8-10-15(11-9-13)20(16,18)19/h3-11H,2,12H2,1H3. The van der Waals surface area contributed by atoms with E-state index in [4.69, 9.17) is 0 Å². The molecule has 0 heterocycles. The molecule has 106 valence electrons. The summed E-state index contributed by atoms with van der Waals surface area (Å²) in [5, 5.41) is 0. The number of halogens is 1. The Labute approximate surface area is 118 Å². The van der Waals surface area contributed by atoms with Gasteiger partial charge in [-0.2, -0.15) is 8.42 Å². The highest BCUT2D eigenvalue weighted by molar-refractivity contribution is 7.86. The summed E-state index contributed by atoms with van der Waals surface area (Å²) in [6.07, 6.45) is 0. The molecular formula is C15H16FNO2S. The molecule has 0 aliphatic carbocycles. The molecule has 0 spiro atoms. The molecular weight excluding hydrogens is 277 g/mol. The van der Waals surface area contributed by atoms with E-state index in [0.29, 0.717) is 6.54 Å². The van der Waals surface area contributed by atoms with Crippen molar-refractivity contribution in [1.82, 2.24) is 0 Å². The van der Waals surface area contributed by atoms with Crippen LogP contribution in [-0.2, 0) is 16.8 Å². The second kappa shape index (κ2) is 6.05. The minimum Gasteiger partial charge on any atom is -0.367 e. The molecule has 0 N–H and O–H groups in total. The van der Waals surface area contributed by atoms with E-state index in [-0.39, 0.29) is 4.90 Å². The second-order valence-corrected chi connectivity index (χ2v) is 5.78. The Hall–Kier alpha value is -1.88. The maximum Gasteiger partial charge on any atom is 0.332 e. The lowest BCUT2D eigenvalue weighted by Gasteiger charge is -2.23. The van der Waals surface area contributed by atoms with Crippen LogP contribution < -0.4 is 4.90 Å². The van der Waals surface area contributed by atoms with Gasteiger partial charge in [0.15, 0.2) is 0 Å². The minimum atomic E-state index is -4.62. The fourth-order valence-electron chi connectivity index (χ4n) is 2.00. The molecule has 3 nitrogen and oxygen atoms in total. The van der Waals surface area contributed by atoms with Gasteiger partial charge in [0.1, 0.15) is 0 Å². The molecule has 0 aliphatic rings. The summed E-state index contributed by atoms with van der Waals surface area (Å²) in [4.78, 5) is 1.85. The van der Waals surface area contributed by atoms with E-state index in [2.05, 4.69) is 4.90 Å². The molecule has 0 unspecified atom stereocenters. The first kappa shape index (κ1) is 14.5. The summed E-state index contributed by atoms with van der Waals surface area (Å²) in [6, 6.07) is 15.8. The number of hydrogen-bond donors (Lipinski definition) is 0. The average molecular weight is 293 g/mol. The van der Waals surface area contributed by atoms with E-state index in [1.54, 1.807) is 12.1 Å². The monoisotopic (exact) mass is 293 g/mol. The molecule has 2 aromatic rings. The predicted molar refractivity (Wildman–Crippen MR) is 77.9 cm³/mol. The van der Waals surface area contributed by atoms with Crippen molar-refractivity contribution in [2.45, 2.75) is 18.4 Å². The Morgan fingerprint density at radius 2 is 1.60 bits per heavy atom. The van der Waals surface area contributed by atoms with Gasteiger partial charge in [0, 0.05) is 18.8 Å². The van der Waals surface area contributed by atoms with Gasteiger partial charge < -0.3 is 4.90 Å². The molecule has 0 radical (unpaired) electrons. The zero-order chi connectivity index (χ0) is 14.6. The van der Waals surface area contributed by atoms with Gasteiger partial charge in [0.05, 0.1) is 4.90 Å². The average Bonchev–Trinajstić information content (AvgIpc) is 2.45. The molecule has 0 amide bonds. The quantitative estimate of drug-likeness (QED) is 0.793. The summed E-state index contributed by atoms with van der Waals surface area (Å²) in [5.74, 6) is 0. The van der Waals surface area contributed by atoms with Crippen molar-refractivity contribution in [3.63, 3.8) is 0 Å². The van der Waals surface area contributed by atoms with Crippen LogP contribution in [0.25, 0.3) is 0 Å². The Morgan fingerprint density at radius 3 is 2.10 bits per heavy atom. The zero-order valence-corrected chi connectivity index (χ0v) is 12.0. The number of anilines is 1. The van der Waals surface area contributed by atoms with E-state index in [0.717, 1.165) is 17.8 Å². The molecule has 20 heavy (non-hydrogen) atoms. The predicted octanol–water partition coefficient (Wildman–Crippen LogP) is 3.37. The van der Waals surface area contributed by atoms with Gasteiger partial charge in [-0.3, -0.25) is 0 Å². The van der Waals surface area contributed by atoms with E-state index in [9.17, 15) is 12.3 Å². The third-order valence-electron chi connectivity index (χ3n) is 3.08. The van der Waals surface area contributed by atoms with Crippen LogP contribution in [0.3, 0.4) is 0 Å². The Morgan fingerprint density at radius 1 is 1.00 bits per heavy atom. The summed E-state index contributed by atoms with van der Waals surface area (Å²) in [5.41, 5.74) is 2.03. The highest BCUT2D eigenvalue weighted by atomic mass is 32.3. The summed E-state index contributed by atoms with van der Waals surface area (Å²) < 4.78 is 34.3. The molecule has 0 aromatic heterocycles. The van der Waals surface area contributed by atoms with E-state index in [1.165, 1.54) is 12.1 Å². The van der Waals surface area contributed by atoms with Crippen LogP contribution in [0.15, 0.2) is 59.5 Å². The second-order valence-electron chi connectivity index (χ2n) is 4.43. The highest BCUT2D eigenvalue weighted by Gasteiger charge is 2.11. The molecule has 0 bridgehead atoms. The number of rotatable bonds is 5. The van der Waals surface area contributed by atoms with Crippen molar-refractivity contribution in [1.29, 1.82) is 0 Å². The van der Waals surface area contributed by atoms with E-state index in [1.807, 2.05) is 37.3 Å². The third-order valence-corrected chi connectivity index (χ3v) is 3.92. The Kier molecular flexibility index (Phi) is 4.39. The van der Waals surface area contributed by atoms with Crippen LogP contribution in [0.5, 0.6) is 0 Å². The van der Waals surface area contributed by atoms with Crippen molar-refractivity contribution >= 4 is 15.9 Å². The summed E-state index contributed by atoms with van der Waals surface area (Å²) >= 11 is 0. The van der Waals surface area contributed by atoms with Gasteiger partial charge in [-0.05, 0) is 36.8 Å². The SMILES string of the molecule is CCN(Cc1ccc(S(=O)(=O)F)cc1)c1ccccc1. The van der Waals surface area contributed by atoms with Crippen LogP contribution in [0.1, 0.15) is 12.5 Å². The van der Waals surface area contributed by atoms with Crippen LogP contribution >= 0.6 is 0 Å². The van der Waals surface area contributed by atoms with E-state index >= 15 is 0 Å². The topological polar surface area (TPSA) is 37.4 Å². The lowest BCUT2D eigenvalue weighted by Crippen LogP contribution is -2.21. The van der Waals surface area contributed by atoms with Gasteiger partial charge in [-0.25, -0.2) is 0 Å². The number of benzene rings is 2. The van der Waals surface area contributed by atoms with Crippen LogP contribution in [0, 0.1) is 0 Å². The van der Waals surface area contributed by atoms with Crippen LogP contribution in [0.2, 0.25) is 0 Å². The first-order valence-electron chi connectivity index (χ1n) is 6.34. The van der Waals surface area contributed by atoms with Gasteiger partial charge in [0.25, 0.3) is 0 Å². The lowest BCUT2D eigenvalue weighted by atomic mass is 10.2. The smallest absolute Gasteiger partial charge is 0.332 e. The molecule has 0 saturated carbocycles. The molecule has 0 fully saturated rings. The zero-order valence-electron chi connectivity index (χ0n) is 11.2. The van der Waals surface area contributed by atoms with Crippen molar-refractivity contribution < 1.29 is 12.3 Å². The first-order valence-corrected chi connectivity index (χ1v) is 7.72. The lowest BCUT2D eigenvalue weighted by molar-refractivity contribution is 0.552. The molecule has 2 aromatic carbocycles. The largest absolute Gasteiger partial charge is 0.367 e. The molecule has 5 heteroatoms. The molecule has 0 saturated heterocycles. The van der Waals surface area contributed by atoms with Crippen molar-refractivity contribution in [3.05, 3.63) is 60.2 Å². The van der Waals surface area contributed by atoms with Gasteiger partial charge in [-0.1, -0.05) is 30.3 Å². The third kappa shape index (κ3) is 3.57.